The molecule has 0 aliphatic rings. The van der Waals surface area contributed by atoms with E-state index >= 15 is 0 Å². The van der Waals surface area contributed by atoms with Gasteiger partial charge in [-0.2, -0.15) is 0 Å². The second-order valence-corrected chi connectivity index (χ2v) is 6.37. The topological polar surface area (TPSA) is 58.9 Å². The van der Waals surface area contributed by atoms with Crippen molar-refractivity contribution in [3.63, 3.8) is 0 Å². The van der Waals surface area contributed by atoms with Gasteiger partial charge in [0.1, 0.15) is 24.7 Å². The zero-order valence-electron chi connectivity index (χ0n) is 13.2. The molecule has 24 heavy (non-hydrogen) atoms. The molecule has 0 heterocycles. The van der Waals surface area contributed by atoms with E-state index in [1.54, 1.807) is 0 Å². The molecule has 0 saturated carbocycles. The fourth-order valence-corrected chi connectivity index (χ4v) is 2.52. The molecule has 0 unspecified atom stereocenters. The quantitative estimate of drug-likeness (QED) is 0.632. The summed E-state index contributed by atoms with van der Waals surface area (Å²) in [5.74, 6) is 1.35. The lowest BCUT2D eigenvalue weighted by atomic mass is 10.1. The Hall–Kier alpha value is -1.60. The van der Waals surface area contributed by atoms with Gasteiger partial charge in [0.2, 0.25) is 0 Å². The van der Waals surface area contributed by atoms with Crippen molar-refractivity contribution >= 4 is 44.9 Å². The number of fused-ring (bicyclic) bond motifs is 1. The van der Waals surface area contributed by atoms with E-state index in [0.29, 0.717) is 34.1 Å². The van der Waals surface area contributed by atoms with Crippen molar-refractivity contribution in [1.29, 1.82) is 0 Å². The zero-order chi connectivity index (χ0) is 17.4. The van der Waals surface area contributed by atoms with Crippen LogP contribution in [0.5, 0.6) is 11.5 Å². The highest BCUT2D eigenvalue weighted by molar-refractivity contribution is 7.80. The first-order valence-corrected chi connectivity index (χ1v) is 8.50. The van der Waals surface area contributed by atoms with Crippen LogP contribution < -0.4 is 9.47 Å². The number of thiocarbonyl (C=S) groups is 2. The summed E-state index contributed by atoms with van der Waals surface area (Å²) in [6.07, 6.45) is 0.887. The molecule has 0 radical (unpaired) electrons. The zero-order valence-corrected chi connectivity index (χ0v) is 14.9. The summed E-state index contributed by atoms with van der Waals surface area (Å²) < 4.78 is 11.6. The van der Waals surface area contributed by atoms with E-state index in [2.05, 4.69) is 0 Å². The van der Waals surface area contributed by atoms with Crippen LogP contribution in [0.3, 0.4) is 0 Å². The van der Waals surface area contributed by atoms with Gasteiger partial charge in [-0.1, -0.05) is 48.7 Å². The summed E-state index contributed by atoms with van der Waals surface area (Å²) in [4.78, 5) is 1.33. The molecule has 2 aromatic carbocycles. The lowest BCUT2D eigenvalue weighted by Gasteiger charge is -2.14. The lowest BCUT2D eigenvalue weighted by molar-refractivity contribution is 0.302. The Balaban J connectivity index is 2.21. The van der Waals surface area contributed by atoms with Gasteiger partial charge in [-0.15, -0.1) is 0 Å². The highest BCUT2D eigenvalue weighted by atomic mass is 32.1. The van der Waals surface area contributed by atoms with Gasteiger partial charge in [0.05, 0.1) is 5.39 Å². The van der Waals surface area contributed by atoms with Gasteiger partial charge >= 0.3 is 0 Å². The van der Waals surface area contributed by atoms with Crippen LogP contribution in [0.1, 0.15) is 12.8 Å². The number of benzene rings is 2. The van der Waals surface area contributed by atoms with Crippen molar-refractivity contribution in [3.8, 4) is 11.5 Å². The molecule has 0 fully saturated rings. The maximum atomic E-state index is 8.92. The number of aliphatic hydroxyl groups excluding tert-OH is 2. The summed E-state index contributed by atoms with van der Waals surface area (Å²) in [7, 11) is 0. The van der Waals surface area contributed by atoms with Crippen LogP contribution in [0.4, 0.5) is 0 Å². The van der Waals surface area contributed by atoms with Crippen LogP contribution >= 0.6 is 24.4 Å². The molecule has 4 nitrogen and oxygen atoms in total. The van der Waals surface area contributed by atoms with Crippen molar-refractivity contribution in [2.24, 2.45) is 0 Å². The van der Waals surface area contributed by atoms with Crippen LogP contribution in [0.15, 0.2) is 36.4 Å². The summed E-state index contributed by atoms with van der Waals surface area (Å²) in [5.41, 5.74) is 0. The number of ether oxygens (including phenoxy) is 2. The van der Waals surface area contributed by atoms with Crippen molar-refractivity contribution < 1.29 is 19.7 Å². The minimum atomic E-state index is 0.0222. The Morgan fingerprint density at radius 1 is 0.792 bits per heavy atom. The molecule has 0 aliphatic carbocycles. The van der Waals surface area contributed by atoms with Crippen LogP contribution in [0.25, 0.3) is 10.8 Å². The summed E-state index contributed by atoms with van der Waals surface area (Å²) in [6.45, 7) is 0.585. The van der Waals surface area contributed by atoms with Crippen molar-refractivity contribution in [2.45, 2.75) is 12.8 Å². The van der Waals surface area contributed by atoms with Gasteiger partial charge in [0, 0.05) is 35.8 Å². The molecule has 0 saturated heterocycles. The number of aliphatic hydroxyl groups is 2. The third-order valence-corrected chi connectivity index (χ3v) is 4.03. The molecule has 0 amide bonds. The standard InChI is InChI=1S/C18H20O4S2/c19-9-7-14(23)11-21-16-5-1-3-13-4-2-6-17(18(13)16)22-12-15(24)8-10-20/h1-6,19-20H,7-12H2. The van der Waals surface area contributed by atoms with E-state index in [0.717, 1.165) is 10.8 Å². The third-order valence-electron chi connectivity index (χ3n) is 3.39. The van der Waals surface area contributed by atoms with Gasteiger partial charge < -0.3 is 19.7 Å². The molecule has 2 aromatic rings. The molecule has 6 heteroatoms. The van der Waals surface area contributed by atoms with Gasteiger partial charge in [-0.3, -0.25) is 0 Å². The third kappa shape index (κ3) is 5.21. The molecule has 0 aliphatic heterocycles. The molecule has 2 rings (SSSR count). The molecular weight excluding hydrogens is 344 g/mol. The summed E-state index contributed by atoms with van der Waals surface area (Å²) in [5, 5.41) is 19.7. The summed E-state index contributed by atoms with van der Waals surface area (Å²) >= 11 is 10.3. The second kappa shape index (κ2) is 9.64. The van der Waals surface area contributed by atoms with Crippen LogP contribution in [0.2, 0.25) is 0 Å². The molecule has 0 atom stereocenters. The van der Waals surface area contributed by atoms with Crippen LogP contribution in [-0.2, 0) is 0 Å². The molecule has 2 N–H and O–H groups in total. The Labute approximate surface area is 152 Å². The highest BCUT2D eigenvalue weighted by Crippen LogP contribution is 2.34. The minimum Gasteiger partial charge on any atom is -0.488 e. The SMILES string of the molecule is OCCC(=S)COc1cccc2cccc(OCC(=S)CCO)c12. The summed E-state index contributed by atoms with van der Waals surface area (Å²) in [6, 6.07) is 11.5. The predicted molar refractivity (Wildman–Crippen MR) is 104 cm³/mol. The van der Waals surface area contributed by atoms with Crippen molar-refractivity contribution in [3.05, 3.63) is 36.4 Å². The maximum Gasteiger partial charge on any atom is 0.131 e. The first kappa shape index (κ1) is 18.7. The van der Waals surface area contributed by atoms with Gasteiger partial charge in [0.25, 0.3) is 0 Å². The average molecular weight is 364 g/mol. The van der Waals surface area contributed by atoms with Crippen LogP contribution in [0, 0.1) is 0 Å². The number of hydrogen-bond donors (Lipinski definition) is 2. The maximum absolute atomic E-state index is 8.92. The molecule has 128 valence electrons. The first-order valence-electron chi connectivity index (χ1n) is 7.68. The normalized spacial score (nSPS) is 10.6. The first-order chi connectivity index (χ1) is 11.7. The number of rotatable bonds is 10. The smallest absolute Gasteiger partial charge is 0.131 e. The van der Waals surface area contributed by atoms with E-state index in [1.165, 1.54) is 0 Å². The Bertz CT molecular complexity index is 658. The molecule has 0 spiro atoms. The second-order valence-electron chi connectivity index (χ2n) is 5.21. The van der Waals surface area contributed by atoms with Gasteiger partial charge in [-0.25, -0.2) is 0 Å². The van der Waals surface area contributed by atoms with Gasteiger partial charge in [0.15, 0.2) is 0 Å². The van der Waals surface area contributed by atoms with E-state index in [-0.39, 0.29) is 26.4 Å². The fourth-order valence-electron chi connectivity index (χ4n) is 2.22. The lowest BCUT2D eigenvalue weighted by Crippen LogP contribution is -2.12. The average Bonchev–Trinajstić information content (AvgIpc) is 2.58. The van der Waals surface area contributed by atoms with Crippen molar-refractivity contribution in [2.75, 3.05) is 26.4 Å². The molecular formula is C18H20O4S2. The van der Waals surface area contributed by atoms with E-state index in [4.69, 9.17) is 44.1 Å². The Morgan fingerprint density at radius 2 is 1.25 bits per heavy atom. The molecule has 0 aromatic heterocycles. The monoisotopic (exact) mass is 364 g/mol. The Kier molecular flexibility index (Phi) is 7.52. The van der Waals surface area contributed by atoms with E-state index in [9.17, 15) is 0 Å². The van der Waals surface area contributed by atoms with E-state index in [1.807, 2.05) is 36.4 Å². The molecule has 0 bridgehead atoms. The fraction of sp³-hybridized carbons (Fsp3) is 0.333. The van der Waals surface area contributed by atoms with E-state index < -0.39 is 0 Å². The minimum absolute atomic E-state index is 0.0222. The number of hydrogen-bond acceptors (Lipinski definition) is 6. The van der Waals surface area contributed by atoms with Crippen molar-refractivity contribution in [1.82, 2.24) is 0 Å². The van der Waals surface area contributed by atoms with Gasteiger partial charge in [-0.05, 0) is 17.5 Å². The highest BCUT2D eigenvalue weighted by Gasteiger charge is 2.10. The predicted octanol–water partition coefficient (Wildman–Crippen LogP) is 3.10. The largest absolute Gasteiger partial charge is 0.488 e. The Morgan fingerprint density at radius 3 is 1.67 bits per heavy atom. The van der Waals surface area contributed by atoms with Crippen LogP contribution in [-0.4, -0.2) is 46.4 Å².